The van der Waals surface area contributed by atoms with E-state index in [4.69, 9.17) is 9.63 Å². The van der Waals surface area contributed by atoms with Crippen molar-refractivity contribution in [2.75, 3.05) is 11.4 Å². The minimum atomic E-state index is -1.09. The number of anilines is 1. The summed E-state index contributed by atoms with van der Waals surface area (Å²) in [6.45, 7) is 2.84. The highest BCUT2D eigenvalue weighted by Crippen LogP contribution is 2.20. The fourth-order valence-electron chi connectivity index (χ4n) is 1.95. The highest BCUT2D eigenvalue weighted by Gasteiger charge is 2.26. The van der Waals surface area contributed by atoms with Gasteiger partial charge in [-0.15, -0.1) is 0 Å². The zero-order chi connectivity index (χ0) is 14.7. The summed E-state index contributed by atoms with van der Waals surface area (Å²) in [5, 5.41) is 12.7. The van der Waals surface area contributed by atoms with Gasteiger partial charge >= 0.3 is 5.97 Å². The molecule has 0 saturated heterocycles. The number of nitrogens with zero attached hydrogens (tertiary/aromatic N) is 2. The molecule has 0 saturated carbocycles. The molecular formula is C14H14N2O4. The molecule has 6 nitrogen and oxygen atoms in total. The smallest absolute Gasteiger partial charge is 0.323 e. The van der Waals surface area contributed by atoms with Crippen molar-refractivity contribution >= 4 is 17.6 Å². The molecule has 104 valence electrons. The average Bonchev–Trinajstić information content (AvgIpc) is 2.75. The highest BCUT2D eigenvalue weighted by atomic mass is 16.5. The number of carbonyl (C=O) groups excluding carboxylic acids is 1. The van der Waals surface area contributed by atoms with E-state index in [1.165, 1.54) is 4.90 Å². The maximum Gasteiger partial charge on any atom is 0.323 e. The van der Waals surface area contributed by atoms with Gasteiger partial charge in [0, 0.05) is 5.69 Å². The van der Waals surface area contributed by atoms with E-state index in [-0.39, 0.29) is 0 Å². The molecule has 0 aliphatic rings. The summed E-state index contributed by atoms with van der Waals surface area (Å²) in [5.41, 5.74) is 1.26. The number of benzene rings is 1. The molecule has 0 radical (unpaired) electrons. The highest BCUT2D eigenvalue weighted by molar-refractivity contribution is 6.09. The van der Waals surface area contributed by atoms with Crippen LogP contribution in [-0.2, 0) is 4.79 Å². The van der Waals surface area contributed by atoms with Crippen molar-refractivity contribution in [1.82, 2.24) is 5.16 Å². The molecule has 1 aromatic heterocycles. The fourth-order valence-corrected chi connectivity index (χ4v) is 1.95. The van der Waals surface area contributed by atoms with Crippen LogP contribution in [0.4, 0.5) is 5.69 Å². The molecule has 0 spiro atoms. The molecule has 20 heavy (non-hydrogen) atoms. The summed E-state index contributed by atoms with van der Waals surface area (Å²) in [6.07, 6.45) is 0. The van der Waals surface area contributed by atoms with E-state index in [0.29, 0.717) is 22.7 Å². The van der Waals surface area contributed by atoms with E-state index in [2.05, 4.69) is 5.16 Å². The number of rotatable bonds is 4. The summed E-state index contributed by atoms with van der Waals surface area (Å²) in [4.78, 5) is 24.7. The van der Waals surface area contributed by atoms with Gasteiger partial charge in [-0.1, -0.05) is 23.4 Å². The number of aromatic nitrogens is 1. The lowest BCUT2D eigenvalue weighted by atomic mass is 10.1. The summed E-state index contributed by atoms with van der Waals surface area (Å²) in [5.74, 6) is -1.15. The van der Waals surface area contributed by atoms with Crippen LogP contribution >= 0.6 is 0 Å². The standard InChI is InChI=1S/C14H14N2O4/c1-9-13(10(2)20-15-9)14(19)16(8-12(17)18)11-6-4-3-5-7-11/h3-7H,8H2,1-2H3,(H,17,18). The lowest BCUT2D eigenvalue weighted by molar-refractivity contribution is -0.135. The monoisotopic (exact) mass is 274 g/mol. The summed E-state index contributed by atoms with van der Waals surface area (Å²) >= 11 is 0. The lowest BCUT2D eigenvalue weighted by Crippen LogP contribution is -2.36. The Morgan fingerprint density at radius 2 is 1.90 bits per heavy atom. The van der Waals surface area contributed by atoms with Crippen LogP contribution in [0.3, 0.4) is 0 Å². The molecule has 2 rings (SSSR count). The van der Waals surface area contributed by atoms with Gasteiger partial charge in [0.05, 0.1) is 5.69 Å². The third-order valence-electron chi connectivity index (χ3n) is 2.85. The van der Waals surface area contributed by atoms with Crippen LogP contribution in [0.5, 0.6) is 0 Å². The van der Waals surface area contributed by atoms with Gasteiger partial charge in [0.1, 0.15) is 17.9 Å². The van der Waals surface area contributed by atoms with Crippen molar-refractivity contribution in [1.29, 1.82) is 0 Å². The number of carbonyl (C=O) groups is 2. The third-order valence-corrected chi connectivity index (χ3v) is 2.85. The molecule has 2 aromatic rings. The number of hydrogen-bond donors (Lipinski definition) is 1. The molecule has 0 fully saturated rings. The first-order chi connectivity index (χ1) is 9.50. The Kier molecular flexibility index (Phi) is 3.84. The normalized spacial score (nSPS) is 10.3. The Morgan fingerprint density at radius 3 is 2.40 bits per heavy atom. The summed E-state index contributed by atoms with van der Waals surface area (Å²) in [7, 11) is 0. The topological polar surface area (TPSA) is 83.6 Å². The minimum absolute atomic E-state index is 0.301. The van der Waals surface area contributed by atoms with E-state index >= 15 is 0 Å². The van der Waals surface area contributed by atoms with Crippen LogP contribution in [0.1, 0.15) is 21.8 Å². The molecule has 0 aliphatic heterocycles. The molecule has 1 amide bonds. The average molecular weight is 274 g/mol. The lowest BCUT2D eigenvalue weighted by Gasteiger charge is -2.20. The van der Waals surface area contributed by atoms with Crippen LogP contribution in [0.2, 0.25) is 0 Å². The van der Waals surface area contributed by atoms with E-state index in [1.54, 1.807) is 44.2 Å². The van der Waals surface area contributed by atoms with E-state index < -0.39 is 18.4 Å². The van der Waals surface area contributed by atoms with Crippen LogP contribution in [0, 0.1) is 13.8 Å². The SMILES string of the molecule is Cc1noc(C)c1C(=O)N(CC(=O)O)c1ccccc1. The Labute approximate surface area is 115 Å². The predicted octanol–water partition coefficient (Wildman–Crippen LogP) is 2.02. The van der Waals surface area contributed by atoms with E-state index in [9.17, 15) is 9.59 Å². The Morgan fingerprint density at radius 1 is 1.25 bits per heavy atom. The number of aliphatic carboxylic acids is 1. The van der Waals surface area contributed by atoms with Gasteiger partial charge in [-0.05, 0) is 26.0 Å². The largest absolute Gasteiger partial charge is 0.480 e. The molecule has 0 atom stereocenters. The molecule has 1 heterocycles. The van der Waals surface area contributed by atoms with E-state index in [1.807, 2.05) is 0 Å². The molecule has 0 aliphatic carbocycles. The van der Waals surface area contributed by atoms with Gasteiger partial charge in [-0.25, -0.2) is 0 Å². The van der Waals surface area contributed by atoms with Crippen molar-refractivity contribution < 1.29 is 19.2 Å². The summed E-state index contributed by atoms with van der Waals surface area (Å²) < 4.78 is 4.96. The number of aryl methyl sites for hydroxylation is 2. The zero-order valence-electron chi connectivity index (χ0n) is 11.2. The first-order valence-electron chi connectivity index (χ1n) is 6.02. The van der Waals surface area contributed by atoms with Gasteiger partial charge in [0.2, 0.25) is 0 Å². The third kappa shape index (κ3) is 2.69. The molecule has 0 bridgehead atoms. The minimum Gasteiger partial charge on any atom is -0.480 e. The van der Waals surface area contributed by atoms with Gasteiger partial charge in [-0.2, -0.15) is 0 Å². The van der Waals surface area contributed by atoms with Gasteiger partial charge in [0.15, 0.2) is 0 Å². The Bertz CT molecular complexity index is 614. The van der Waals surface area contributed by atoms with Crippen LogP contribution in [0.25, 0.3) is 0 Å². The number of hydrogen-bond acceptors (Lipinski definition) is 4. The molecule has 1 aromatic carbocycles. The van der Waals surface area contributed by atoms with Gasteiger partial charge in [0.25, 0.3) is 5.91 Å². The second-order valence-corrected chi connectivity index (χ2v) is 4.32. The number of carboxylic acids is 1. The maximum absolute atomic E-state index is 12.5. The van der Waals surface area contributed by atoms with Crippen molar-refractivity contribution in [3.63, 3.8) is 0 Å². The van der Waals surface area contributed by atoms with Crippen molar-refractivity contribution in [2.45, 2.75) is 13.8 Å². The number of para-hydroxylation sites is 1. The second-order valence-electron chi connectivity index (χ2n) is 4.32. The fraction of sp³-hybridized carbons (Fsp3) is 0.214. The Balaban J connectivity index is 2.42. The molecule has 0 unspecified atom stereocenters. The predicted molar refractivity (Wildman–Crippen MR) is 71.7 cm³/mol. The van der Waals surface area contributed by atoms with Crippen LogP contribution in [-0.4, -0.2) is 28.7 Å². The Hall–Kier alpha value is -2.63. The van der Waals surface area contributed by atoms with Crippen molar-refractivity contribution in [3.05, 3.63) is 47.3 Å². The van der Waals surface area contributed by atoms with Crippen LogP contribution < -0.4 is 4.90 Å². The molecule has 6 heteroatoms. The molecule has 1 N–H and O–H groups in total. The first kappa shape index (κ1) is 13.8. The first-order valence-corrected chi connectivity index (χ1v) is 6.02. The maximum atomic E-state index is 12.5. The van der Waals surface area contributed by atoms with Crippen molar-refractivity contribution in [2.24, 2.45) is 0 Å². The van der Waals surface area contributed by atoms with Crippen LogP contribution in [0.15, 0.2) is 34.9 Å². The number of amides is 1. The van der Waals surface area contributed by atoms with Crippen molar-refractivity contribution in [3.8, 4) is 0 Å². The molecular weight excluding hydrogens is 260 g/mol. The zero-order valence-corrected chi connectivity index (χ0v) is 11.2. The van der Waals surface area contributed by atoms with Gasteiger partial charge < -0.3 is 9.63 Å². The summed E-state index contributed by atoms with van der Waals surface area (Å²) in [6, 6.07) is 8.64. The number of carboxylic acid groups (broad SMARTS) is 1. The van der Waals surface area contributed by atoms with Gasteiger partial charge in [-0.3, -0.25) is 14.5 Å². The van der Waals surface area contributed by atoms with E-state index in [0.717, 1.165) is 0 Å². The second kappa shape index (κ2) is 5.56. The quantitative estimate of drug-likeness (QED) is 0.922.